The maximum atomic E-state index is 11.4. The summed E-state index contributed by atoms with van der Waals surface area (Å²) in [5.41, 5.74) is 2.52. The summed E-state index contributed by atoms with van der Waals surface area (Å²) in [6.07, 6.45) is -0.197. The van der Waals surface area contributed by atoms with Crippen molar-refractivity contribution < 1.29 is 19.4 Å². The Hall–Kier alpha value is -2.37. The van der Waals surface area contributed by atoms with Crippen LogP contribution >= 0.6 is 23.2 Å². The Morgan fingerprint density at radius 1 is 1.20 bits per heavy atom. The van der Waals surface area contributed by atoms with E-state index in [0.29, 0.717) is 49.3 Å². The fourth-order valence-electron chi connectivity index (χ4n) is 2.96. The highest BCUT2D eigenvalue weighted by atomic mass is 35.5. The first-order valence-corrected chi connectivity index (χ1v) is 8.14. The van der Waals surface area contributed by atoms with E-state index in [-0.39, 0.29) is 6.42 Å². The van der Waals surface area contributed by atoms with Crippen LogP contribution in [0.2, 0.25) is 10.0 Å². The van der Waals surface area contributed by atoms with Gasteiger partial charge in [-0.25, -0.2) is 0 Å². The minimum absolute atomic E-state index is 0.197. The normalized spacial score (nSPS) is 10.9. The molecule has 1 aromatic heterocycles. The predicted octanol–water partition coefficient (Wildman–Crippen LogP) is 4.79. The number of aliphatic carboxylic acids is 1. The number of carboxylic acid groups (broad SMARTS) is 1. The summed E-state index contributed by atoms with van der Waals surface area (Å²) >= 11 is 12.4. The van der Waals surface area contributed by atoms with E-state index >= 15 is 0 Å². The maximum absolute atomic E-state index is 11.4. The number of fused-ring (bicyclic) bond motifs is 1. The summed E-state index contributed by atoms with van der Waals surface area (Å²) in [6, 6.07) is 8.71. The van der Waals surface area contributed by atoms with Gasteiger partial charge in [0.15, 0.2) is 11.5 Å². The highest BCUT2D eigenvalue weighted by Gasteiger charge is 2.22. The minimum Gasteiger partial charge on any atom is -0.493 e. The number of hydrogen-bond donors (Lipinski definition) is 2. The van der Waals surface area contributed by atoms with Gasteiger partial charge in [0.25, 0.3) is 0 Å². The molecule has 0 saturated heterocycles. The summed E-state index contributed by atoms with van der Waals surface area (Å²) < 4.78 is 10.8. The molecule has 3 aromatic rings. The summed E-state index contributed by atoms with van der Waals surface area (Å²) in [5.74, 6) is 0.0875. The van der Waals surface area contributed by atoms with Crippen molar-refractivity contribution in [1.29, 1.82) is 0 Å². The van der Waals surface area contributed by atoms with Crippen LogP contribution in [0.15, 0.2) is 30.3 Å². The number of carbonyl (C=O) groups is 1. The Labute approximate surface area is 154 Å². The molecule has 0 fully saturated rings. The first-order valence-electron chi connectivity index (χ1n) is 7.39. The van der Waals surface area contributed by atoms with Crippen LogP contribution in [0.25, 0.3) is 22.2 Å². The topological polar surface area (TPSA) is 71.6 Å². The molecule has 0 bridgehead atoms. The SMILES string of the molecule is COc1cccc(-c2[nH]c3cc(Cl)cc(Cl)c3c2CC(=O)O)c1OC. The van der Waals surface area contributed by atoms with Crippen molar-refractivity contribution in [3.8, 4) is 22.8 Å². The maximum Gasteiger partial charge on any atom is 0.307 e. The average Bonchev–Trinajstić information content (AvgIpc) is 2.91. The molecule has 0 aliphatic rings. The van der Waals surface area contributed by atoms with E-state index in [4.69, 9.17) is 32.7 Å². The van der Waals surface area contributed by atoms with Gasteiger partial charge in [0.2, 0.25) is 0 Å². The first-order chi connectivity index (χ1) is 12.0. The van der Waals surface area contributed by atoms with Crippen LogP contribution in [0, 0.1) is 0 Å². The number of nitrogens with one attached hydrogen (secondary N) is 1. The Balaban J connectivity index is 2.37. The molecule has 0 atom stereocenters. The highest BCUT2D eigenvalue weighted by molar-refractivity contribution is 6.39. The zero-order valence-corrected chi connectivity index (χ0v) is 15.0. The lowest BCUT2D eigenvalue weighted by Crippen LogP contribution is -2.02. The molecule has 0 saturated carbocycles. The van der Waals surface area contributed by atoms with Crippen LogP contribution in [0.4, 0.5) is 0 Å². The molecule has 3 rings (SSSR count). The van der Waals surface area contributed by atoms with Crippen molar-refractivity contribution in [2.24, 2.45) is 0 Å². The van der Waals surface area contributed by atoms with Crippen LogP contribution < -0.4 is 9.47 Å². The second-order valence-corrected chi connectivity index (χ2v) is 6.24. The molecular weight excluding hydrogens is 365 g/mol. The lowest BCUT2D eigenvalue weighted by atomic mass is 10.0. The van der Waals surface area contributed by atoms with Gasteiger partial charge in [0, 0.05) is 21.5 Å². The zero-order valence-electron chi connectivity index (χ0n) is 13.5. The van der Waals surface area contributed by atoms with Crippen LogP contribution in [-0.4, -0.2) is 30.3 Å². The number of carboxylic acids is 1. The van der Waals surface area contributed by atoms with Crippen molar-refractivity contribution in [2.75, 3.05) is 14.2 Å². The smallest absolute Gasteiger partial charge is 0.307 e. The van der Waals surface area contributed by atoms with Crippen molar-refractivity contribution in [1.82, 2.24) is 4.98 Å². The highest BCUT2D eigenvalue weighted by Crippen LogP contribution is 2.43. The fraction of sp³-hybridized carbons (Fsp3) is 0.167. The molecule has 0 unspecified atom stereocenters. The van der Waals surface area contributed by atoms with Gasteiger partial charge in [0.05, 0.1) is 31.4 Å². The van der Waals surface area contributed by atoms with Gasteiger partial charge < -0.3 is 19.6 Å². The van der Waals surface area contributed by atoms with Crippen molar-refractivity contribution in [2.45, 2.75) is 6.42 Å². The molecule has 0 aliphatic carbocycles. The molecular formula is C18H15Cl2NO4. The van der Waals surface area contributed by atoms with Crippen LogP contribution in [0.1, 0.15) is 5.56 Å². The fourth-order valence-corrected chi connectivity index (χ4v) is 3.56. The molecule has 0 spiro atoms. The lowest BCUT2D eigenvalue weighted by molar-refractivity contribution is -0.136. The standard InChI is InChI=1S/C18H15Cl2NO4/c1-24-14-5-3-4-10(18(14)25-2)17-11(8-15(22)23)16-12(20)6-9(19)7-13(16)21-17/h3-7,21H,8H2,1-2H3,(H,22,23). The second kappa shape index (κ2) is 6.86. The van der Waals surface area contributed by atoms with Gasteiger partial charge in [0.1, 0.15) is 0 Å². The van der Waals surface area contributed by atoms with E-state index in [1.165, 1.54) is 7.11 Å². The molecule has 0 aliphatic heterocycles. The van der Waals surface area contributed by atoms with Crippen molar-refractivity contribution in [3.05, 3.63) is 45.9 Å². The van der Waals surface area contributed by atoms with Gasteiger partial charge >= 0.3 is 5.97 Å². The number of methoxy groups -OCH3 is 2. The monoisotopic (exact) mass is 379 g/mol. The van der Waals surface area contributed by atoms with E-state index in [0.717, 1.165) is 0 Å². The number of H-pyrrole nitrogens is 1. The zero-order chi connectivity index (χ0) is 18.1. The molecule has 130 valence electrons. The van der Waals surface area contributed by atoms with Gasteiger partial charge in [-0.2, -0.15) is 0 Å². The summed E-state index contributed by atoms with van der Waals surface area (Å²) in [7, 11) is 3.08. The predicted molar refractivity (Wildman–Crippen MR) is 98.2 cm³/mol. The van der Waals surface area contributed by atoms with Gasteiger partial charge in [-0.1, -0.05) is 29.3 Å². The van der Waals surface area contributed by atoms with E-state index in [1.54, 1.807) is 31.4 Å². The number of ether oxygens (including phenoxy) is 2. The largest absolute Gasteiger partial charge is 0.493 e. The lowest BCUT2D eigenvalue weighted by Gasteiger charge is -2.13. The van der Waals surface area contributed by atoms with E-state index in [1.807, 2.05) is 6.07 Å². The third-order valence-corrected chi connectivity index (χ3v) is 4.43. The van der Waals surface area contributed by atoms with E-state index in [9.17, 15) is 9.90 Å². The van der Waals surface area contributed by atoms with Gasteiger partial charge in [-0.15, -0.1) is 0 Å². The summed E-state index contributed by atoms with van der Waals surface area (Å²) in [5, 5.41) is 10.8. The van der Waals surface area contributed by atoms with E-state index in [2.05, 4.69) is 4.98 Å². The Kier molecular flexibility index (Phi) is 4.79. The molecule has 5 nitrogen and oxygen atoms in total. The number of benzene rings is 2. The van der Waals surface area contributed by atoms with E-state index < -0.39 is 5.97 Å². The second-order valence-electron chi connectivity index (χ2n) is 5.40. The average molecular weight is 380 g/mol. The number of aromatic amines is 1. The van der Waals surface area contributed by atoms with Crippen molar-refractivity contribution >= 4 is 40.1 Å². The molecule has 2 N–H and O–H groups in total. The summed E-state index contributed by atoms with van der Waals surface area (Å²) in [6.45, 7) is 0. The Morgan fingerprint density at radius 2 is 1.96 bits per heavy atom. The van der Waals surface area contributed by atoms with Crippen LogP contribution in [0.5, 0.6) is 11.5 Å². The molecule has 2 aromatic carbocycles. The quantitative estimate of drug-likeness (QED) is 0.668. The Morgan fingerprint density at radius 3 is 2.60 bits per heavy atom. The Bertz CT molecular complexity index is 965. The third-order valence-electron chi connectivity index (χ3n) is 3.92. The first kappa shape index (κ1) is 17.5. The number of rotatable bonds is 5. The third kappa shape index (κ3) is 3.13. The summed E-state index contributed by atoms with van der Waals surface area (Å²) in [4.78, 5) is 14.6. The number of hydrogen-bond acceptors (Lipinski definition) is 3. The number of aromatic nitrogens is 1. The van der Waals surface area contributed by atoms with Crippen LogP contribution in [0.3, 0.4) is 0 Å². The molecule has 0 radical (unpaired) electrons. The van der Waals surface area contributed by atoms with Crippen LogP contribution in [-0.2, 0) is 11.2 Å². The van der Waals surface area contributed by atoms with Gasteiger partial charge in [-0.3, -0.25) is 4.79 Å². The van der Waals surface area contributed by atoms with Crippen molar-refractivity contribution in [3.63, 3.8) is 0 Å². The molecule has 7 heteroatoms. The molecule has 25 heavy (non-hydrogen) atoms. The molecule has 0 amide bonds. The van der Waals surface area contributed by atoms with Gasteiger partial charge in [-0.05, 0) is 29.8 Å². The molecule has 1 heterocycles. The minimum atomic E-state index is -0.963. The number of para-hydroxylation sites is 1. The number of halogens is 2.